The van der Waals surface area contributed by atoms with Crippen molar-refractivity contribution in [3.8, 4) is 11.4 Å². The quantitative estimate of drug-likeness (QED) is 0.658. The smallest absolute Gasteiger partial charge is 0.338 e. The highest BCUT2D eigenvalue weighted by Gasteiger charge is 2.36. The van der Waals surface area contributed by atoms with E-state index in [1.54, 1.807) is 17.1 Å². The Kier molecular flexibility index (Phi) is 5.11. The van der Waals surface area contributed by atoms with Crippen molar-refractivity contribution in [2.75, 3.05) is 5.32 Å². The summed E-state index contributed by atoms with van der Waals surface area (Å²) in [6.45, 7) is 9.66. The standard InChI is InChI=1S/C23H25N5O2/c1-13(2)30-22(29)19-16(5)25-23-26-21(17-7-6-10-24-12-17)27-28(23)20(19)18-9-8-14(3)11-15(18)4/h6-13,20H,1-5H3,(H,25,26,27)/t20-/m1/s1. The zero-order valence-electron chi connectivity index (χ0n) is 17.8. The molecule has 0 bridgehead atoms. The van der Waals surface area contributed by atoms with Gasteiger partial charge in [-0.05, 0) is 57.9 Å². The molecule has 1 aromatic carbocycles. The molecule has 0 spiro atoms. The van der Waals surface area contributed by atoms with Gasteiger partial charge in [-0.2, -0.15) is 4.98 Å². The summed E-state index contributed by atoms with van der Waals surface area (Å²) in [5, 5.41) is 7.98. The van der Waals surface area contributed by atoms with Crippen LogP contribution in [0.3, 0.4) is 0 Å². The van der Waals surface area contributed by atoms with Crippen LogP contribution in [-0.4, -0.2) is 31.8 Å². The van der Waals surface area contributed by atoms with Gasteiger partial charge in [0.05, 0.1) is 11.7 Å². The van der Waals surface area contributed by atoms with E-state index < -0.39 is 6.04 Å². The number of aromatic nitrogens is 4. The number of carbonyl (C=O) groups is 1. The molecular formula is C23H25N5O2. The summed E-state index contributed by atoms with van der Waals surface area (Å²) in [5.74, 6) is 0.771. The predicted molar refractivity (Wildman–Crippen MR) is 115 cm³/mol. The van der Waals surface area contributed by atoms with Crippen molar-refractivity contribution in [3.63, 3.8) is 0 Å². The summed E-state index contributed by atoms with van der Waals surface area (Å²) >= 11 is 0. The summed E-state index contributed by atoms with van der Waals surface area (Å²) < 4.78 is 7.34. The Morgan fingerprint density at radius 2 is 2.00 bits per heavy atom. The topological polar surface area (TPSA) is 81.9 Å². The number of nitrogens with zero attached hydrogens (tertiary/aromatic N) is 4. The van der Waals surface area contributed by atoms with E-state index in [9.17, 15) is 4.79 Å². The first kappa shape index (κ1) is 19.8. The molecular weight excluding hydrogens is 378 g/mol. The number of ether oxygens (including phenoxy) is 1. The van der Waals surface area contributed by atoms with Gasteiger partial charge in [0.1, 0.15) is 6.04 Å². The number of hydrogen-bond donors (Lipinski definition) is 1. The molecule has 2 aromatic heterocycles. The number of benzene rings is 1. The average molecular weight is 403 g/mol. The number of anilines is 1. The third-order valence-electron chi connectivity index (χ3n) is 5.05. The van der Waals surface area contributed by atoms with Crippen molar-refractivity contribution in [1.29, 1.82) is 0 Å². The van der Waals surface area contributed by atoms with Gasteiger partial charge in [0, 0.05) is 23.7 Å². The fraction of sp³-hybridized carbons (Fsp3) is 0.304. The van der Waals surface area contributed by atoms with Crippen LogP contribution in [0.15, 0.2) is 54.0 Å². The monoisotopic (exact) mass is 403 g/mol. The Hall–Kier alpha value is -3.48. The lowest BCUT2D eigenvalue weighted by Gasteiger charge is -2.29. The van der Waals surface area contributed by atoms with Gasteiger partial charge in [-0.15, -0.1) is 5.10 Å². The van der Waals surface area contributed by atoms with Crippen LogP contribution < -0.4 is 5.32 Å². The summed E-state index contributed by atoms with van der Waals surface area (Å²) in [6, 6.07) is 9.52. The number of aryl methyl sites for hydroxylation is 2. The van der Waals surface area contributed by atoms with E-state index in [4.69, 9.17) is 9.84 Å². The summed E-state index contributed by atoms with van der Waals surface area (Å²) in [5.41, 5.74) is 5.28. The van der Waals surface area contributed by atoms with E-state index >= 15 is 0 Å². The van der Waals surface area contributed by atoms with Crippen LogP contribution in [0.1, 0.15) is 43.5 Å². The maximum absolute atomic E-state index is 13.1. The second kappa shape index (κ2) is 7.74. The molecule has 1 atom stereocenters. The minimum atomic E-state index is -0.439. The molecule has 0 unspecified atom stereocenters. The molecule has 3 aromatic rings. The molecule has 1 aliphatic heterocycles. The highest BCUT2D eigenvalue weighted by Crippen LogP contribution is 2.38. The Labute approximate surface area is 175 Å². The molecule has 0 fully saturated rings. The first-order chi connectivity index (χ1) is 14.3. The Bertz CT molecular complexity index is 1130. The number of rotatable bonds is 4. The number of esters is 1. The lowest BCUT2D eigenvalue weighted by Crippen LogP contribution is -2.31. The average Bonchev–Trinajstić information content (AvgIpc) is 3.11. The van der Waals surface area contributed by atoms with Gasteiger partial charge >= 0.3 is 5.97 Å². The van der Waals surface area contributed by atoms with E-state index in [-0.39, 0.29) is 12.1 Å². The van der Waals surface area contributed by atoms with Gasteiger partial charge in [-0.3, -0.25) is 4.98 Å². The normalized spacial score (nSPS) is 15.7. The third kappa shape index (κ3) is 3.58. The number of fused-ring (bicyclic) bond motifs is 1. The maximum Gasteiger partial charge on any atom is 0.338 e. The molecule has 1 aliphatic rings. The van der Waals surface area contributed by atoms with E-state index in [0.717, 1.165) is 22.3 Å². The molecule has 0 amide bonds. The second-order valence-corrected chi connectivity index (χ2v) is 7.83. The van der Waals surface area contributed by atoms with Crippen LogP contribution in [0.5, 0.6) is 0 Å². The molecule has 7 nitrogen and oxygen atoms in total. The minimum Gasteiger partial charge on any atom is -0.459 e. The van der Waals surface area contributed by atoms with E-state index in [1.807, 2.05) is 52.0 Å². The molecule has 30 heavy (non-hydrogen) atoms. The highest BCUT2D eigenvalue weighted by atomic mass is 16.5. The molecule has 1 N–H and O–H groups in total. The van der Waals surface area contributed by atoms with Crippen LogP contribution >= 0.6 is 0 Å². The SMILES string of the molecule is CC1=C(C(=O)OC(C)C)[C@@H](c2ccc(C)cc2C)n2nc(-c3cccnc3)nc2N1. The zero-order valence-corrected chi connectivity index (χ0v) is 17.8. The van der Waals surface area contributed by atoms with Crippen LogP contribution in [0.4, 0.5) is 5.95 Å². The van der Waals surface area contributed by atoms with E-state index in [0.29, 0.717) is 23.0 Å². The van der Waals surface area contributed by atoms with E-state index in [2.05, 4.69) is 28.3 Å². The summed E-state index contributed by atoms with van der Waals surface area (Å²) in [7, 11) is 0. The fourth-order valence-electron chi connectivity index (χ4n) is 3.73. The van der Waals surface area contributed by atoms with Crippen LogP contribution in [-0.2, 0) is 9.53 Å². The molecule has 0 saturated carbocycles. The lowest BCUT2D eigenvalue weighted by molar-refractivity contribution is -0.143. The number of carbonyl (C=O) groups excluding carboxylic acids is 1. The van der Waals surface area contributed by atoms with Crippen molar-refractivity contribution in [1.82, 2.24) is 19.7 Å². The summed E-state index contributed by atoms with van der Waals surface area (Å²) in [6.07, 6.45) is 3.21. The Morgan fingerprint density at radius 1 is 1.20 bits per heavy atom. The second-order valence-electron chi connectivity index (χ2n) is 7.83. The number of allylic oxidation sites excluding steroid dienone is 1. The van der Waals surface area contributed by atoms with Crippen LogP contribution in [0.2, 0.25) is 0 Å². The molecule has 0 saturated heterocycles. The van der Waals surface area contributed by atoms with Gasteiger partial charge in [-0.1, -0.05) is 23.8 Å². The molecule has 0 radical (unpaired) electrons. The number of hydrogen-bond acceptors (Lipinski definition) is 6. The van der Waals surface area contributed by atoms with Crippen LogP contribution in [0.25, 0.3) is 11.4 Å². The number of nitrogens with one attached hydrogen (secondary N) is 1. The van der Waals surface area contributed by atoms with Gasteiger partial charge in [-0.25, -0.2) is 9.48 Å². The zero-order chi connectivity index (χ0) is 21.4. The number of pyridine rings is 1. The molecule has 7 heteroatoms. The first-order valence-corrected chi connectivity index (χ1v) is 9.98. The van der Waals surface area contributed by atoms with Gasteiger partial charge in [0.2, 0.25) is 5.95 Å². The van der Waals surface area contributed by atoms with Crippen LogP contribution in [0, 0.1) is 13.8 Å². The van der Waals surface area contributed by atoms with Crippen molar-refractivity contribution >= 4 is 11.9 Å². The van der Waals surface area contributed by atoms with Gasteiger partial charge in [0.15, 0.2) is 5.82 Å². The minimum absolute atomic E-state index is 0.222. The van der Waals surface area contributed by atoms with Crippen molar-refractivity contribution < 1.29 is 9.53 Å². The summed E-state index contributed by atoms with van der Waals surface area (Å²) in [4.78, 5) is 21.9. The first-order valence-electron chi connectivity index (χ1n) is 9.98. The molecule has 0 aliphatic carbocycles. The predicted octanol–water partition coefficient (Wildman–Crippen LogP) is 4.20. The van der Waals surface area contributed by atoms with Crippen molar-refractivity contribution in [3.05, 3.63) is 70.7 Å². The largest absolute Gasteiger partial charge is 0.459 e. The third-order valence-corrected chi connectivity index (χ3v) is 5.05. The Morgan fingerprint density at radius 3 is 2.67 bits per heavy atom. The molecule has 154 valence electrons. The van der Waals surface area contributed by atoms with Crippen molar-refractivity contribution in [2.45, 2.75) is 46.8 Å². The molecule has 4 rings (SSSR count). The van der Waals surface area contributed by atoms with E-state index in [1.165, 1.54) is 0 Å². The highest BCUT2D eigenvalue weighted by molar-refractivity contribution is 5.92. The van der Waals surface area contributed by atoms with Crippen molar-refractivity contribution in [2.24, 2.45) is 0 Å². The fourth-order valence-corrected chi connectivity index (χ4v) is 3.73. The Balaban J connectivity index is 1.89. The molecule has 3 heterocycles. The maximum atomic E-state index is 13.1. The lowest BCUT2D eigenvalue weighted by atomic mass is 9.91. The van der Waals surface area contributed by atoms with Gasteiger partial charge < -0.3 is 10.1 Å². The van der Waals surface area contributed by atoms with Gasteiger partial charge in [0.25, 0.3) is 0 Å².